The van der Waals surface area contributed by atoms with Gasteiger partial charge in [0, 0.05) is 23.2 Å². The highest BCUT2D eigenvalue weighted by molar-refractivity contribution is 6.13. The lowest BCUT2D eigenvalue weighted by atomic mass is 9.86. The summed E-state index contributed by atoms with van der Waals surface area (Å²) in [6.07, 6.45) is 0.496. The molecule has 0 bridgehead atoms. The smallest absolute Gasteiger partial charge is 0.256 e. The molecule has 3 aliphatic heterocycles. The number of nitrogens with zero attached hydrogens (tertiary/aromatic N) is 1. The summed E-state index contributed by atoms with van der Waals surface area (Å²) in [5.74, 6) is 1.37. The van der Waals surface area contributed by atoms with Crippen LogP contribution in [-0.4, -0.2) is 18.4 Å². The van der Waals surface area contributed by atoms with Crippen molar-refractivity contribution in [3.8, 4) is 11.5 Å². The number of fused-ring (bicyclic) bond motifs is 3. The second-order valence-electron chi connectivity index (χ2n) is 5.82. The van der Waals surface area contributed by atoms with Gasteiger partial charge in [0.25, 0.3) is 5.91 Å². The molecule has 1 spiro atoms. The molecule has 0 aliphatic carbocycles. The summed E-state index contributed by atoms with van der Waals surface area (Å²) in [5, 5.41) is 7.35. The van der Waals surface area contributed by atoms with Crippen LogP contribution in [0.1, 0.15) is 17.5 Å². The van der Waals surface area contributed by atoms with E-state index in [0.717, 1.165) is 28.3 Å². The Labute approximate surface area is 132 Å². The van der Waals surface area contributed by atoms with Gasteiger partial charge < -0.3 is 14.8 Å². The fourth-order valence-electron chi connectivity index (χ4n) is 3.34. The van der Waals surface area contributed by atoms with Gasteiger partial charge in [-0.05, 0) is 24.3 Å². The van der Waals surface area contributed by atoms with Gasteiger partial charge in [0.05, 0.1) is 5.71 Å². The quantitative estimate of drug-likeness (QED) is 0.845. The molecule has 2 aromatic rings. The molecule has 2 N–H and O–H groups in total. The Morgan fingerprint density at radius 1 is 1.09 bits per heavy atom. The summed E-state index contributed by atoms with van der Waals surface area (Å²) in [6, 6.07) is 13.4. The SMILES string of the molecule is O=C1Nc2ccccc2[C@]12CC(c1ccc3c(c1)OCO3)=NN2. The van der Waals surface area contributed by atoms with Gasteiger partial charge in [-0.3, -0.25) is 10.2 Å². The number of amides is 1. The van der Waals surface area contributed by atoms with E-state index < -0.39 is 5.54 Å². The molecule has 0 aromatic heterocycles. The number of ether oxygens (including phenoxy) is 2. The highest BCUT2D eigenvalue weighted by Crippen LogP contribution is 2.42. The second kappa shape index (κ2) is 4.25. The largest absolute Gasteiger partial charge is 0.454 e. The fourth-order valence-corrected chi connectivity index (χ4v) is 3.34. The van der Waals surface area contributed by atoms with E-state index in [1.807, 2.05) is 42.5 Å². The summed E-state index contributed by atoms with van der Waals surface area (Å²) in [5.41, 5.74) is 5.77. The molecular weight excluding hydrogens is 294 g/mol. The molecule has 0 saturated carbocycles. The van der Waals surface area contributed by atoms with Crippen molar-refractivity contribution in [2.75, 3.05) is 12.1 Å². The van der Waals surface area contributed by atoms with Crippen LogP contribution in [-0.2, 0) is 10.3 Å². The maximum absolute atomic E-state index is 12.5. The van der Waals surface area contributed by atoms with Crippen LogP contribution in [0.4, 0.5) is 5.69 Å². The lowest BCUT2D eigenvalue weighted by Gasteiger charge is -2.20. The number of hydrogen-bond donors (Lipinski definition) is 2. The lowest BCUT2D eigenvalue weighted by molar-refractivity contribution is -0.121. The molecule has 1 atom stereocenters. The number of carbonyl (C=O) groups is 1. The van der Waals surface area contributed by atoms with Gasteiger partial charge in [-0.15, -0.1) is 0 Å². The average molecular weight is 307 g/mol. The zero-order valence-corrected chi connectivity index (χ0v) is 12.1. The molecule has 23 heavy (non-hydrogen) atoms. The highest BCUT2D eigenvalue weighted by Gasteiger charge is 2.50. The van der Waals surface area contributed by atoms with E-state index in [0.29, 0.717) is 12.2 Å². The molecule has 2 aromatic carbocycles. The second-order valence-corrected chi connectivity index (χ2v) is 5.82. The van der Waals surface area contributed by atoms with E-state index in [-0.39, 0.29) is 12.7 Å². The number of hydrogen-bond acceptors (Lipinski definition) is 5. The van der Waals surface area contributed by atoms with E-state index in [1.165, 1.54) is 0 Å². The number of hydrazone groups is 1. The third-order valence-corrected chi connectivity index (χ3v) is 4.54. The first-order valence-corrected chi connectivity index (χ1v) is 7.41. The van der Waals surface area contributed by atoms with Crippen LogP contribution in [0.15, 0.2) is 47.6 Å². The van der Waals surface area contributed by atoms with Crippen LogP contribution in [0, 0.1) is 0 Å². The molecule has 0 fully saturated rings. The van der Waals surface area contributed by atoms with E-state index in [4.69, 9.17) is 9.47 Å². The Kier molecular flexibility index (Phi) is 2.31. The van der Waals surface area contributed by atoms with Crippen LogP contribution in [0.25, 0.3) is 0 Å². The van der Waals surface area contributed by atoms with Gasteiger partial charge in [0.15, 0.2) is 17.0 Å². The lowest BCUT2D eigenvalue weighted by Crippen LogP contribution is -2.42. The molecule has 6 nitrogen and oxygen atoms in total. The zero-order valence-electron chi connectivity index (χ0n) is 12.1. The summed E-state index contributed by atoms with van der Waals surface area (Å²) in [4.78, 5) is 12.5. The van der Waals surface area contributed by atoms with Gasteiger partial charge in [-0.25, -0.2) is 0 Å². The molecule has 3 heterocycles. The first kappa shape index (κ1) is 12.5. The molecule has 0 radical (unpaired) electrons. The maximum atomic E-state index is 12.5. The Morgan fingerprint density at radius 3 is 2.91 bits per heavy atom. The van der Waals surface area contributed by atoms with E-state index in [9.17, 15) is 4.79 Å². The van der Waals surface area contributed by atoms with Gasteiger partial charge in [0.2, 0.25) is 6.79 Å². The molecule has 114 valence electrons. The molecule has 3 aliphatic rings. The molecule has 0 saturated heterocycles. The minimum absolute atomic E-state index is 0.0711. The van der Waals surface area contributed by atoms with Crippen LogP contribution in [0.5, 0.6) is 11.5 Å². The van der Waals surface area contributed by atoms with Gasteiger partial charge in [-0.2, -0.15) is 5.10 Å². The fraction of sp³-hybridized carbons (Fsp3) is 0.176. The number of nitrogens with one attached hydrogen (secondary N) is 2. The van der Waals surface area contributed by atoms with Crippen molar-refractivity contribution in [2.45, 2.75) is 12.0 Å². The molecule has 6 heteroatoms. The van der Waals surface area contributed by atoms with Crippen LogP contribution in [0.2, 0.25) is 0 Å². The van der Waals surface area contributed by atoms with Crippen molar-refractivity contribution < 1.29 is 14.3 Å². The first-order valence-electron chi connectivity index (χ1n) is 7.41. The van der Waals surface area contributed by atoms with Crippen molar-refractivity contribution in [1.82, 2.24) is 5.43 Å². The summed E-state index contributed by atoms with van der Waals surface area (Å²) >= 11 is 0. The van der Waals surface area contributed by atoms with E-state index >= 15 is 0 Å². The van der Waals surface area contributed by atoms with Crippen LogP contribution in [0.3, 0.4) is 0 Å². The van der Waals surface area contributed by atoms with Gasteiger partial charge >= 0.3 is 0 Å². The topological polar surface area (TPSA) is 72.0 Å². The predicted molar refractivity (Wildman–Crippen MR) is 83.6 cm³/mol. The highest BCUT2D eigenvalue weighted by atomic mass is 16.7. The van der Waals surface area contributed by atoms with Crippen molar-refractivity contribution in [3.63, 3.8) is 0 Å². The third-order valence-electron chi connectivity index (χ3n) is 4.54. The molecular formula is C17H13N3O3. The monoisotopic (exact) mass is 307 g/mol. The Balaban J connectivity index is 1.52. The first-order chi connectivity index (χ1) is 11.3. The molecule has 1 amide bonds. The number of benzene rings is 2. The number of carbonyl (C=O) groups excluding carboxylic acids is 1. The summed E-state index contributed by atoms with van der Waals surface area (Å²) < 4.78 is 10.7. The van der Waals surface area contributed by atoms with E-state index in [1.54, 1.807) is 0 Å². The zero-order chi connectivity index (χ0) is 15.4. The summed E-state index contributed by atoms with van der Waals surface area (Å²) in [6.45, 7) is 0.239. The Bertz CT molecular complexity index is 877. The Morgan fingerprint density at radius 2 is 1.96 bits per heavy atom. The van der Waals surface area contributed by atoms with Gasteiger partial charge in [0.1, 0.15) is 0 Å². The van der Waals surface area contributed by atoms with Crippen molar-refractivity contribution in [3.05, 3.63) is 53.6 Å². The minimum atomic E-state index is -0.817. The molecule has 0 unspecified atom stereocenters. The minimum Gasteiger partial charge on any atom is -0.454 e. The van der Waals surface area contributed by atoms with Crippen molar-refractivity contribution in [1.29, 1.82) is 0 Å². The average Bonchev–Trinajstić information content (AvgIpc) is 3.27. The maximum Gasteiger partial charge on any atom is 0.256 e. The van der Waals surface area contributed by atoms with Gasteiger partial charge in [-0.1, -0.05) is 18.2 Å². The predicted octanol–water partition coefficient (Wildman–Crippen LogP) is 1.96. The van der Waals surface area contributed by atoms with Crippen molar-refractivity contribution in [2.24, 2.45) is 5.10 Å². The third kappa shape index (κ3) is 1.63. The Hall–Kier alpha value is -3.02. The summed E-state index contributed by atoms with van der Waals surface area (Å²) in [7, 11) is 0. The van der Waals surface area contributed by atoms with Crippen LogP contribution >= 0.6 is 0 Å². The number of anilines is 1. The van der Waals surface area contributed by atoms with Crippen LogP contribution < -0.4 is 20.2 Å². The number of para-hydroxylation sites is 1. The number of rotatable bonds is 1. The molecule has 5 rings (SSSR count). The van der Waals surface area contributed by atoms with E-state index in [2.05, 4.69) is 15.8 Å². The normalized spacial score (nSPS) is 23.5. The standard InChI is InChI=1S/C17H13N3O3/c21-16-17(11-3-1-2-4-12(11)18-16)8-13(19-20-17)10-5-6-14-15(7-10)23-9-22-14/h1-7,20H,8-9H2,(H,18,21)/t17-/m1/s1. The van der Waals surface area contributed by atoms with Crippen molar-refractivity contribution >= 4 is 17.3 Å².